The van der Waals surface area contributed by atoms with Gasteiger partial charge in [0.15, 0.2) is 0 Å². The molecule has 0 bridgehead atoms. The van der Waals surface area contributed by atoms with Crippen molar-refractivity contribution in [3.05, 3.63) is 64.6 Å². The number of ether oxygens (including phenoxy) is 1. The predicted molar refractivity (Wildman–Crippen MR) is 102 cm³/mol. The van der Waals surface area contributed by atoms with Crippen LogP contribution in [-0.2, 0) is 4.74 Å². The summed E-state index contributed by atoms with van der Waals surface area (Å²) in [6, 6.07) is 10.7. The van der Waals surface area contributed by atoms with Crippen LogP contribution < -0.4 is 5.32 Å². The summed E-state index contributed by atoms with van der Waals surface area (Å²) in [5, 5.41) is 3.38. The van der Waals surface area contributed by atoms with Gasteiger partial charge in [-0.1, -0.05) is 23.7 Å². The lowest BCUT2D eigenvalue weighted by Crippen LogP contribution is -2.40. The van der Waals surface area contributed by atoms with Crippen LogP contribution in [0.3, 0.4) is 0 Å². The van der Waals surface area contributed by atoms with E-state index in [2.05, 4.69) is 5.32 Å². The lowest BCUT2D eigenvalue weighted by Gasteiger charge is -2.26. The minimum Gasteiger partial charge on any atom is -0.449 e. The van der Waals surface area contributed by atoms with Crippen molar-refractivity contribution in [1.82, 2.24) is 4.90 Å². The minimum absolute atomic E-state index is 0.00539. The number of hydrogen-bond donors (Lipinski definition) is 1. The van der Waals surface area contributed by atoms with E-state index >= 15 is 0 Å². The molecular formula is C20H16ClFN2O4. The molecule has 0 unspecified atom stereocenters. The number of anilines is 1. The molecule has 2 heterocycles. The number of carbonyl (C=O) groups excluding carboxylic acids is 2. The molecule has 0 atom stereocenters. The number of fused-ring (bicyclic) bond motifs is 1. The summed E-state index contributed by atoms with van der Waals surface area (Å²) >= 11 is 5.75. The SMILES string of the molecule is O=C(Nc1c(C(=O)N2CCOCC2)oc2ccccc12)c1ccc(Cl)cc1F. The smallest absolute Gasteiger partial charge is 0.291 e. The number of furan rings is 1. The molecule has 1 aliphatic rings. The van der Waals surface area contributed by atoms with Crippen LogP contribution >= 0.6 is 11.6 Å². The Bertz CT molecular complexity index is 1060. The Balaban J connectivity index is 1.72. The largest absolute Gasteiger partial charge is 0.449 e. The van der Waals surface area contributed by atoms with Gasteiger partial charge in [0.1, 0.15) is 17.1 Å². The number of carbonyl (C=O) groups is 2. The summed E-state index contributed by atoms with van der Waals surface area (Å²) in [7, 11) is 0. The van der Waals surface area contributed by atoms with Gasteiger partial charge in [0.2, 0.25) is 5.76 Å². The number of morpholine rings is 1. The molecule has 1 aliphatic heterocycles. The van der Waals surface area contributed by atoms with Crippen molar-refractivity contribution in [2.75, 3.05) is 31.6 Å². The zero-order chi connectivity index (χ0) is 19.7. The van der Waals surface area contributed by atoms with Crippen LogP contribution in [0.15, 0.2) is 46.9 Å². The van der Waals surface area contributed by atoms with Crippen LogP contribution in [0.25, 0.3) is 11.0 Å². The lowest BCUT2D eigenvalue weighted by atomic mass is 10.1. The van der Waals surface area contributed by atoms with Gasteiger partial charge in [-0.15, -0.1) is 0 Å². The Kier molecular flexibility index (Phi) is 5.02. The predicted octanol–water partition coefficient (Wildman–Crippen LogP) is 3.95. The second kappa shape index (κ2) is 7.61. The highest BCUT2D eigenvalue weighted by Crippen LogP contribution is 2.32. The van der Waals surface area contributed by atoms with Gasteiger partial charge in [0, 0.05) is 23.5 Å². The molecule has 8 heteroatoms. The average Bonchev–Trinajstić information content (AvgIpc) is 3.06. The molecule has 2 amide bonds. The quantitative estimate of drug-likeness (QED) is 0.720. The van der Waals surface area contributed by atoms with Gasteiger partial charge >= 0.3 is 0 Å². The van der Waals surface area contributed by atoms with Crippen molar-refractivity contribution in [1.29, 1.82) is 0 Å². The number of hydrogen-bond acceptors (Lipinski definition) is 4. The summed E-state index contributed by atoms with van der Waals surface area (Å²) in [5.74, 6) is -1.80. The van der Waals surface area contributed by atoms with E-state index in [1.807, 2.05) is 0 Å². The Morgan fingerprint density at radius 3 is 2.61 bits per heavy atom. The Morgan fingerprint density at radius 2 is 1.86 bits per heavy atom. The third-order valence-corrected chi connectivity index (χ3v) is 4.74. The second-order valence-corrected chi connectivity index (χ2v) is 6.72. The average molecular weight is 403 g/mol. The molecule has 3 aromatic rings. The zero-order valence-electron chi connectivity index (χ0n) is 14.7. The first kappa shape index (κ1) is 18.5. The maximum absolute atomic E-state index is 14.1. The molecule has 1 N–H and O–H groups in total. The van der Waals surface area contributed by atoms with E-state index in [1.165, 1.54) is 12.1 Å². The fourth-order valence-electron chi connectivity index (χ4n) is 3.08. The maximum Gasteiger partial charge on any atom is 0.291 e. The molecule has 0 saturated carbocycles. The van der Waals surface area contributed by atoms with E-state index in [1.54, 1.807) is 29.2 Å². The van der Waals surface area contributed by atoms with Crippen LogP contribution in [0.5, 0.6) is 0 Å². The normalized spacial score (nSPS) is 14.3. The van der Waals surface area contributed by atoms with Crippen molar-refractivity contribution < 1.29 is 23.1 Å². The fraction of sp³-hybridized carbons (Fsp3) is 0.200. The van der Waals surface area contributed by atoms with Crippen LogP contribution in [0.4, 0.5) is 10.1 Å². The molecule has 144 valence electrons. The first-order valence-electron chi connectivity index (χ1n) is 8.69. The van der Waals surface area contributed by atoms with E-state index in [-0.39, 0.29) is 27.9 Å². The van der Waals surface area contributed by atoms with Crippen LogP contribution in [0.1, 0.15) is 20.9 Å². The van der Waals surface area contributed by atoms with Crippen LogP contribution in [0, 0.1) is 5.82 Å². The second-order valence-electron chi connectivity index (χ2n) is 6.29. The number of amides is 2. The summed E-state index contributed by atoms with van der Waals surface area (Å²) in [6.45, 7) is 1.72. The summed E-state index contributed by atoms with van der Waals surface area (Å²) in [5.41, 5.74) is 0.483. The highest BCUT2D eigenvalue weighted by atomic mass is 35.5. The van der Waals surface area contributed by atoms with Crippen molar-refractivity contribution >= 4 is 40.1 Å². The number of halogens is 2. The lowest BCUT2D eigenvalue weighted by molar-refractivity contribution is 0.0285. The standard InChI is InChI=1S/C20H16ClFN2O4/c21-12-5-6-13(15(22)11-12)19(25)23-17-14-3-1-2-4-16(14)28-18(17)20(26)24-7-9-27-10-8-24/h1-6,11H,7-10H2,(H,23,25). The molecule has 2 aromatic carbocycles. The first-order chi connectivity index (χ1) is 13.5. The number of benzene rings is 2. The van der Waals surface area contributed by atoms with Crippen molar-refractivity contribution in [2.45, 2.75) is 0 Å². The molecule has 28 heavy (non-hydrogen) atoms. The van der Waals surface area contributed by atoms with E-state index < -0.39 is 11.7 Å². The van der Waals surface area contributed by atoms with Gasteiger partial charge in [-0.3, -0.25) is 9.59 Å². The molecule has 0 radical (unpaired) electrons. The van der Waals surface area contributed by atoms with Gasteiger partial charge in [0.05, 0.1) is 18.8 Å². The van der Waals surface area contributed by atoms with Crippen molar-refractivity contribution in [3.8, 4) is 0 Å². The molecule has 1 fully saturated rings. The number of rotatable bonds is 3. The van der Waals surface area contributed by atoms with Gasteiger partial charge in [-0.05, 0) is 30.3 Å². The van der Waals surface area contributed by atoms with Gasteiger partial charge in [-0.25, -0.2) is 4.39 Å². The Hall–Kier alpha value is -2.90. The van der Waals surface area contributed by atoms with E-state index in [0.29, 0.717) is 37.3 Å². The molecule has 1 aromatic heterocycles. The summed E-state index contributed by atoms with van der Waals surface area (Å²) in [6.07, 6.45) is 0. The van der Waals surface area contributed by atoms with Crippen molar-refractivity contribution in [2.24, 2.45) is 0 Å². The number of nitrogens with zero attached hydrogens (tertiary/aromatic N) is 1. The van der Waals surface area contributed by atoms with Crippen molar-refractivity contribution in [3.63, 3.8) is 0 Å². The summed E-state index contributed by atoms with van der Waals surface area (Å²) in [4.78, 5) is 27.2. The zero-order valence-corrected chi connectivity index (χ0v) is 15.5. The Labute approximate surface area is 164 Å². The fourth-order valence-corrected chi connectivity index (χ4v) is 3.24. The third kappa shape index (κ3) is 3.46. The van der Waals surface area contributed by atoms with E-state index in [0.717, 1.165) is 6.07 Å². The van der Waals surface area contributed by atoms with E-state index in [4.69, 9.17) is 20.8 Å². The molecule has 6 nitrogen and oxygen atoms in total. The first-order valence-corrected chi connectivity index (χ1v) is 9.07. The topological polar surface area (TPSA) is 71.8 Å². The minimum atomic E-state index is -0.751. The number of nitrogens with one attached hydrogen (secondary N) is 1. The highest BCUT2D eigenvalue weighted by Gasteiger charge is 2.28. The Morgan fingerprint density at radius 1 is 1.11 bits per heavy atom. The molecule has 4 rings (SSSR count). The third-order valence-electron chi connectivity index (χ3n) is 4.50. The summed E-state index contributed by atoms with van der Waals surface area (Å²) < 4.78 is 25.1. The molecular weight excluding hydrogens is 387 g/mol. The van der Waals surface area contributed by atoms with Gasteiger partial charge < -0.3 is 19.4 Å². The highest BCUT2D eigenvalue weighted by molar-refractivity contribution is 6.30. The monoisotopic (exact) mass is 402 g/mol. The van der Waals surface area contributed by atoms with Crippen LogP contribution in [-0.4, -0.2) is 43.0 Å². The van der Waals surface area contributed by atoms with E-state index in [9.17, 15) is 14.0 Å². The number of para-hydroxylation sites is 1. The maximum atomic E-state index is 14.1. The molecule has 1 saturated heterocycles. The van der Waals surface area contributed by atoms with Gasteiger partial charge in [-0.2, -0.15) is 0 Å². The molecule has 0 aliphatic carbocycles. The molecule has 0 spiro atoms. The van der Waals surface area contributed by atoms with Crippen LogP contribution in [0.2, 0.25) is 5.02 Å². The van der Waals surface area contributed by atoms with Gasteiger partial charge in [0.25, 0.3) is 11.8 Å².